The van der Waals surface area contributed by atoms with Crippen molar-refractivity contribution in [3.05, 3.63) is 35.9 Å². The molecule has 0 heterocycles. The summed E-state index contributed by atoms with van der Waals surface area (Å²) in [7, 11) is 0. The lowest BCUT2D eigenvalue weighted by Crippen LogP contribution is -2.50. The van der Waals surface area contributed by atoms with Crippen molar-refractivity contribution in [2.45, 2.75) is 83.6 Å². The van der Waals surface area contributed by atoms with Crippen molar-refractivity contribution in [3.63, 3.8) is 0 Å². The number of hydrogen-bond acceptors (Lipinski definition) is 5. The average molecular weight is 421 g/mol. The van der Waals surface area contributed by atoms with E-state index in [9.17, 15) is 14.7 Å². The lowest BCUT2D eigenvalue weighted by atomic mass is 9.83. The van der Waals surface area contributed by atoms with Crippen LogP contribution in [0.5, 0.6) is 0 Å². The van der Waals surface area contributed by atoms with Gasteiger partial charge in [-0.05, 0) is 38.7 Å². The van der Waals surface area contributed by atoms with Crippen LogP contribution in [0, 0.1) is 5.92 Å². The number of hydrogen-bond donors (Lipinski definition) is 3. The number of aliphatic hydroxyl groups is 1. The maximum absolute atomic E-state index is 12.3. The number of alkyl carbamates (subject to hydrolysis) is 2. The van der Waals surface area contributed by atoms with E-state index in [0.717, 1.165) is 18.4 Å². The Bertz CT molecular complexity index is 653. The monoisotopic (exact) mass is 420 g/mol. The van der Waals surface area contributed by atoms with E-state index in [1.807, 2.05) is 30.3 Å². The summed E-state index contributed by atoms with van der Waals surface area (Å²) in [4.78, 5) is 24.2. The molecule has 1 aromatic carbocycles. The van der Waals surface area contributed by atoms with Crippen LogP contribution in [0.2, 0.25) is 0 Å². The second-order valence-electron chi connectivity index (χ2n) is 9.00. The average Bonchev–Trinajstić information content (AvgIpc) is 2.70. The Labute approximate surface area is 179 Å². The van der Waals surface area contributed by atoms with Gasteiger partial charge in [0.2, 0.25) is 0 Å². The molecule has 30 heavy (non-hydrogen) atoms. The highest BCUT2D eigenvalue weighted by Crippen LogP contribution is 2.28. The Morgan fingerprint density at radius 1 is 1.10 bits per heavy atom. The fourth-order valence-electron chi connectivity index (χ4n) is 3.66. The number of carbonyl (C=O) groups is 2. The molecule has 2 atom stereocenters. The maximum atomic E-state index is 12.3. The van der Waals surface area contributed by atoms with Crippen molar-refractivity contribution in [2.24, 2.45) is 5.92 Å². The third-order valence-corrected chi connectivity index (χ3v) is 5.15. The van der Waals surface area contributed by atoms with E-state index in [4.69, 9.17) is 9.47 Å². The van der Waals surface area contributed by atoms with Crippen molar-refractivity contribution in [1.82, 2.24) is 10.6 Å². The summed E-state index contributed by atoms with van der Waals surface area (Å²) in [5, 5.41) is 16.1. The minimum Gasteiger partial charge on any atom is -0.445 e. The zero-order chi connectivity index (χ0) is 22.0. The van der Waals surface area contributed by atoms with Crippen molar-refractivity contribution in [3.8, 4) is 0 Å². The zero-order valence-corrected chi connectivity index (χ0v) is 18.4. The summed E-state index contributed by atoms with van der Waals surface area (Å²) < 4.78 is 10.5. The molecule has 0 aliphatic heterocycles. The molecule has 168 valence electrons. The van der Waals surface area contributed by atoms with Gasteiger partial charge in [-0.25, -0.2) is 9.59 Å². The van der Waals surface area contributed by atoms with E-state index >= 15 is 0 Å². The highest BCUT2D eigenvalue weighted by molar-refractivity contribution is 5.68. The van der Waals surface area contributed by atoms with Gasteiger partial charge in [-0.15, -0.1) is 0 Å². The predicted molar refractivity (Wildman–Crippen MR) is 115 cm³/mol. The highest BCUT2D eigenvalue weighted by Gasteiger charge is 2.28. The maximum Gasteiger partial charge on any atom is 0.407 e. The molecule has 2 amide bonds. The number of carbonyl (C=O) groups excluding carboxylic acids is 2. The summed E-state index contributed by atoms with van der Waals surface area (Å²) in [6.45, 7) is 5.53. The predicted octanol–water partition coefficient (Wildman–Crippen LogP) is 4.14. The molecule has 1 aromatic rings. The Morgan fingerprint density at radius 3 is 2.40 bits per heavy atom. The number of benzene rings is 1. The Kier molecular flexibility index (Phi) is 9.43. The normalized spacial score (nSPS) is 16.9. The molecule has 1 aliphatic carbocycles. The van der Waals surface area contributed by atoms with E-state index < -0.39 is 29.9 Å². The van der Waals surface area contributed by atoms with Gasteiger partial charge in [-0.3, -0.25) is 0 Å². The molecule has 1 fully saturated rings. The van der Waals surface area contributed by atoms with Gasteiger partial charge in [0.15, 0.2) is 0 Å². The fourth-order valence-corrected chi connectivity index (χ4v) is 3.66. The van der Waals surface area contributed by atoms with E-state index in [-0.39, 0.29) is 13.2 Å². The smallest absolute Gasteiger partial charge is 0.407 e. The van der Waals surface area contributed by atoms with Crippen LogP contribution in [-0.4, -0.2) is 41.6 Å². The lowest BCUT2D eigenvalue weighted by molar-refractivity contribution is 0.0390. The first-order valence-electron chi connectivity index (χ1n) is 10.8. The summed E-state index contributed by atoms with van der Waals surface area (Å²) in [6, 6.07) is 8.87. The fraction of sp³-hybridized carbons (Fsp3) is 0.652. The van der Waals surface area contributed by atoms with Gasteiger partial charge >= 0.3 is 12.2 Å². The van der Waals surface area contributed by atoms with Gasteiger partial charge in [0.25, 0.3) is 0 Å². The Hall–Kier alpha value is -2.28. The quantitative estimate of drug-likeness (QED) is 0.587. The van der Waals surface area contributed by atoms with Crippen LogP contribution >= 0.6 is 0 Å². The van der Waals surface area contributed by atoms with Crippen molar-refractivity contribution in [1.29, 1.82) is 0 Å². The second kappa shape index (κ2) is 11.8. The molecule has 7 nitrogen and oxygen atoms in total. The molecule has 0 bridgehead atoms. The number of aliphatic hydroxyl groups excluding tert-OH is 1. The number of rotatable bonds is 8. The van der Waals surface area contributed by atoms with Crippen LogP contribution in [0.25, 0.3) is 0 Å². The van der Waals surface area contributed by atoms with Crippen LogP contribution in [0.15, 0.2) is 30.3 Å². The number of amides is 2. The standard InChI is InChI=1S/C23H36N2O5/c1-23(2,3)30-22(28)25-19(14-17-10-6-4-7-11-17)20(26)15-24-21(27)29-16-18-12-8-5-9-13-18/h5,8-9,12-13,17,19-20,26H,4,6-7,10-11,14-16H2,1-3H3,(H,24,27)(H,25,28)/t19-,20?/m0/s1. The van der Waals surface area contributed by atoms with E-state index in [2.05, 4.69) is 10.6 Å². The second-order valence-corrected chi connectivity index (χ2v) is 9.00. The number of nitrogens with one attached hydrogen (secondary N) is 2. The molecule has 0 spiro atoms. The summed E-state index contributed by atoms with van der Waals surface area (Å²) >= 11 is 0. The Morgan fingerprint density at radius 2 is 1.77 bits per heavy atom. The minimum absolute atomic E-state index is 0.0131. The van der Waals surface area contributed by atoms with Crippen LogP contribution in [0.4, 0.5) is 9.59 Å². The van der Waals surface area contributed by atoms with Gasteiger partial charge < -0.3 is 25.2 Å². The molecule has 3 N–H and O–H groups in total. The molecule has 0 saturated heterocycles. The van der Waals surface area contributed by atoms with E-state index in [1.165, 1.54) is 19.3 Å². The van der Waals surface area contributed by atoms with Gasteiger partial charge in [0.05, 0.1) is 12.1 Å². The van der Waals surface area contributed by atoms with Crippen molar-refractivity contribution >= 4 is 12.2 Å². The van der Waals surface area contributed by atoms with Crippen LogP contribution in [0.1, 0.15) is 64.9 Å². The molecule has 0 radical (unpaired) electrons. The molecular formula is C23H36N2O5. The van der Waals surface area contributed by atoms with Crippen LogP contribution in [0.3, 0.4) is 0 Å². The van der Waals surface area contributed by atoms with Gasteiger partial charge in [-0.1, -0.05) is 62.4 Å². The largest absolute Gasteiger partial charge is 0.445 e. The molecule has 1 saturated carbocycles. The third-order valence-electron chi connectivity index (χ3n) is 5.15. The third kappa shape index (κ3) is 9.48. The number of ether oxygens (including phenoxy) is 2. The SMILES string of the molecule is CC(C)(C)OC(=O)N[C@@H](CC1CCCCC1)C(O)CNC(=O)OCc1ccccc1. The van der Waals surface area contributed by atoms with Gasteiger partial charge in [0, 0.05) is 6.54 Å². The van der Waals surface area contributed by atoms with Crippen LogP contribution < -0.4 is 10.6 Å². The first-order valence-corrected chi connectivity index (χ1v) is 10.8. The molecular weight excluding hydrogens is 384 g/mol. The minimum atomic E-state index is -0.941. The summed E-state index contributed by atoms with van der Waals surface area (Å²) in [6.07, 6.45) is 4.30. The lowest BCUT2D eigenvalue weighted by Gasteiger charge is -2.31. The first-order chi connectivity index (χ1) is 14.2. The van der Waals surface area contributed by atoms with Gasteiger partial charge in [-0.2, -0.15) is 0 Å². The van der Waals surface area contributed by atoms with E-state index in [1.54, 1.807) is 20.8 Å². The van der Waals surface area contributed by atoms with Crippen molar-refractivity contribution in [2.75, 3.05) is 6.54 Å². The molecule has 2 rings (SSSR count). The molecule has 1 unspecified atom stereocenters. The molecule has 7 heteroatoms. The summed E-state index contributed by atoms with van der Waals surface area (Å²) in [5.74, 6) is 0.443. The Balaban J connectivity index is 1.85. The van der Waals surface area contributed by atoms with Crippen molar-refractivity contribution < 1.29 is 24.2 Å². The topological polar surface area (TPSA) is 96.9 Å². The van der Waals surface area contributed by atoms with Gasteiger partial charge in [0.1, 0.15) is 12.2 Å². The summed E-state index contributed by atoms with van der Waals surface area (Å²) in [5.41, 5.74) is 0.263. The zero-order valence-electron chi connectivity index (χ0n) is 18.4. The van der Waals surface area contributed by atoms with E-state index in [0.29, 0.717) is 12.3 Å². The highest BCUT2D eigenvalue weighted by atomic mass is 16.6. The first kappa shape index (κ1) is 24.0. The molecule has 1 aliphatic rings. The van der Waals surface area contributed by atoms with Crippen LogP contribution in [-0.2, 0) is 16.1 Å². The molecule has 0 aromatic heterocycles.